The lowest BCUT2D eigenvalue weighted by Crippen LogP contribution is -1.97. The van der Waals surface area contributed by atoms with Crippen LogP contribution in [0.15, 0.2) is 18.2 Å². The number of aliphatic carboxylic acids is 1. The van der Waals surface area contributed by atoms with Crippen molar-refractivity contribution in [2.75, 3.05) is 12.4 Å². The topological polar surface area (TPSA) is 92.5 Å². The number of nitro benzene ring substituents is 1. The molecule has 6 nitrogen and oxygen atoms in total. The van der Waals surface area contributed by atoms with E-state index in [9.17, 15) is 14.9 Å². The van der Waals surface area contributed by atoms with Crippen LogP contribution in [0.2, 0.25) is 0 Å². The molecule has 0 fully saturated rings. The van der Waals surface area contributed by atoms with Crippen LogP contribution >= 0.6 is 0 Å². The number of hydrogen-bond acceptors (Lipinski definition) is 4. The van der Waals surface area contributed by atoms with Crippen molar-refractivity contribution in [3.05, 3.63) is 33.9 Å². The third kappa shape index (κ3) is 3.50. The van der Waals surface area contributed by atoms with E-state index in [0.717, 1.165) is 0 Å². The Morgan fingerprint density at radius 2 is 2.29 bits per heavy atom. The standard InChI is InChI=1S/C11H10N2O4/c1-12-9-6-5-8(3-2-4-11(14)15)7-10(9)13(16)17/h5-7,12H,4H2,1H3,(H,14,15). The van der Waals surface area contributed by atoms with E-state index in [2.05, 4.69) is 17.2 Å². The van der Waals surface area contributed by atoms with Gasteiger partial charge < -0.3 is 10.4 Å². The molecule has 0 spiro atoms. The van der Waals surface area contributed by atoms with Gasteiger partial charge in [0.25, 0.3) is 5.69 Å². The van der Waals surface area contributed by atoms with Crippen molar-refractivity contribution >= 4 is 17.3 Å². The fourth-order valence-corrected chi connectivity index (χ4v) is 1.19. The van der Waals surface area contributed by atoms with Crippen LogP contribution in [0.5, 0.6) is 0 Å². The van der Waals surface area contributed by atoms with E-state index in [1.807, 2.05) is 0 Å². The quantitative estimate of drug-likeness (QED) is 0.469. The Balaban J connectivity index is 3.03. The minimum absolute atomic E-state index is 0.0883. The summed E-state index contributed by atoms with van der Waals surface area (Å²) in [6, 6.07) is 4.43. The van der Waals surface area contributed by atoms with Crippen molar-refractivity contribution in [2.45, 2.75) is 6.42 Å². The highest BCUT2D eigenvalue weighted by atomic mass is 16.6. The second kappa shape index (κ2) is 5.51. The molecule has 0 saturated carbocycles. The monoisotopic (exact) mass is 234 g/mol. The molecule has 17 heavy (non-hydrogen) atoms. The van der Waals surface area contributed by atoms with Crippen LogP contribution in [0.4, 0.5) is 11.4 Å². The Kier molecular flexibility index (Phi) is 4.06. The number of carboxylic acids is 1. The van der Waals surface area contributed by atoms with Gasteiger partial charge in [0, 0.05) is 18.7 Å². The lowest BCUT2D eigenvalue weighted by Gasteiger charge is -2.01. The fourth-order valence-electron chi connectivity index (χ4n) is 1.19. The van der Waals surface area contributed by atoms with Crippen molar-refractivity contribution in [1.82, 2.24) is 0 Å². The highest BCUT2D eigenvalue weighted by molar-refractivity contribution is 5.70. The molecule has 0 aromatic heterocycles. The van der Waals surface area contributed by atoms with E-state index in [0.29, 0.717) is 11.3 Å². The van der Waals surface area contributed by atoms with E-state index in [1.165, 1.54) is 12.1 Å². The number of carboxylic acid groups (broad SMARTS) is 1. The molecule has 6 heteroatoms. The van der Waals surface area contributed by atoms with Gasteiger partial charge in [-0.05, 0) is 12.1 Å². The zero-order valence-electron chi connectivity index (χ0n) is 9.06. The lowest BCUT2D eigenvalue weighted by atomic mass is 10.1. The summed E-state index contributed by atoms with van der Waals surface area (Å²) in [7, 11) is 1.58. The zero-order valence-corrected chi connectivity index (χ0v) is 9.06. The summed E-state index contributed by atoms with van der Waals surface area (Å²) in [5.41, 5.74) is 0.713. The first kappa shape index (κ1) is 12.5. The number of anilines is 1. The molecule has 0 aliphatic heterocycles. The second-order valence-corrected chi connectivity index (χ2v) is 3.11. The average molecular weight is 234 g/mol. The van der Waals surface area contributed by atoms with Crippen LogP contribution < -0.4 is 5.32 Å². The number of rotatable bonds is 3. The van der Waals surface area contributed by atoms with Gasteiger partial charge in [0.05, 0.1) is 4.92 Å². The number of nitro groups is 1. The Labute approximate surface area is 97.4 Å². The maximum atomic E-state index is 10.7. The van der Waals surface area contributed by atoms with E-state index in [4.69, 9.17) is 5.11 Å². The van der Waals surface area contributed by atoms with Crippen molar-refractivity contribution in [1.29, 1.82) is 0 Å². The molecular formula is C11H10N2O4. The molecule has 0 radical (unpaired) electrons. The van der Waals surface area contributed by atoms with Gasteiger partial charge in [-0.25, -0.2) is 0 Å². The predicted octanol–water partition coefficient (Wildman–Crippen LogP) is 1.46. The summed E-state index contributed by atoms with van der Waals surface area (Å²) in [6.07, 6.45) is -0.290. The van der Waals surface area contributed by atoms with E-state index in [-0.39, 0.29) is 12.1 Å². The summed E-state index contributed by atoms with van der Waals surface area (Å²) < 4.78 is 0. The SMILES string of the molecule is CNc1ccc(C#CCC(=O)O)cc1[N+](=O)[O-]. The Morgan fingerprint density at radius 1 is 1.59 bits per heavy atom. The zero-order chi connectivity index (χ0) is 12.8. The van der Waals surface area contributed by atoms with Gasteiger partial charge in [0.2, 0.25) is 0 Å². The van der Waals surface area contributed by atoms with Crippen LogP contribution in [0.1, 0.15) is 12.0 Å². The van der Waals surface area contributed by atoms with Crippen LogP contribution in [-0.4, -0.2) is 23.0 Å². The molecule has 0 atom stereocenters. The summed E-state index contributed by atoms with van der Waals surface area (Å²) in [6.45, 7) is 0. The van der Waals surface area contributed by atoms with Gasteiger partial charge in [-0.1, -0.05) is 11.8 Å². The molecule has 0 amide bonds. The minimum atomic E-state index is -1.03. The van der Waals surface area contributed by atoms with Crippen LogP contribution in [0.3, 0.4) is 0 Å². The molecule has 0 saturated heterocycles. The highest BCUT2D eigenvalue weighted by Gasteiger charge is 2.12. The lowest BCUT2D eigenvalue weighted by molar-refractivity contribution is -0.384. The molecule has 0 bridgehead atoms. The molecule has 0 unspecified atom stereocenters. The van der Waals surface area contributed by atoms with Crippen LogP contribution in [0, 0.1) is 22.0 Å². The van der Waals surface area contributed by atoms with E-state index in [1.54, 1.807) is 13.1 Å². The Morgan fingerprint density at radius 3 is 2.82 bits per heavy atom. The molecule has 0 aliphatic carbocycles. The van der Waals surface area contributed by atoms with Gasteiger partial charge in [0.15, 0.2) is 0 Å². The third-order valence-corrected chi connectivity index (χ3v) is 1.94. The molecular weight excluding hydrogens is 224 g/mol. The minimum Gasteiger partial charge on any atom is -0.481 e. The first-order chi connectivity index (χ1) is 8.04. The number of nitrogens with one attached hydrogen (secondary N) is 1. The molecule has 1 rings (SSSR count). The Hall–Kier alpha value is -2.55. The maximum Gasteiger partial charge on any atom is 0.315 e. The van der Waals surface area contributed by atoms with Gasteiger partial charge in [-0.15, -0.1) is 0 Å². The van der Waals surface area contributed by atoms with Crippen molar-refractivity contribution in [2.24, 2.45) is 0 Å². The van der Waals surface area contributed by atoms with Crippen LogP contribution in [0.25, 0.3) is 0 Å². The summed E-state index contributed by atoms with van der Waals surface area (Å²) >= 11 is 0. The first-order valence-corrected chi connectivity index (χ1v) is 4.71. The molecule has 0 aliphatic rings. The second-order valence-electron chi connectivity index (χ2n) is 3.11. The fraction of sp³-hybridized carbons (Fsp3) is 0.182. The van der Waals surface area contributed by atoms with Gasteiger partial charge >= 0.3 is 5.97 Å². The largest absolute Gasteiger partial charge is 0.481 e. The average Bonchev–Trinajstić information content (AvgIpc) is 2.28. The number of nitrogens with zero attached hydrogens (tertiary/aromatic N) is 1. The summed E-state index contributed by atoms with van der Waals surface area (Å²) in [5, 5.41) is 21.8. The molecule has 88 valence electrons. The van der Waals surface area contributed by atoms with Crippen molar-refractivity contribution < 1.29 is 14.8 Å². The van der Waals surface area contributed by atoms with Gasteiger partial charge in [-0.2, -0.15) is 0 Å². The normalized spacial score (nSPS) is 9.00. The van der Waals surface area contributed by atoms with Crippen molar-refractivity contribution in [3.8, 4) is 11.8 Å². The smallest absolute Gasteiger partial charge is 0.315 e. The first-order valence-electron chi connectivity index (χ1n) is 4.71. The number of hydrogen-bond donors (Lipinski definition) is 2. The third-order valence-electron chi connectivity index (χ3n) is 1.94. The molecule has 1 aromatic rings. The number of benzene rings is 1. The summed E-state index contributed by atoms with van der Waals surface area (Å²) in [5.74, 6) is 3.94. The highest BCUT2D eigenvalue weighted by Crippen LogP contribution is 2.24. The van der Waals surface area contributed by atoms with Crippen molar-refractivity contribution in [3.63, 3.8) is 0 Å². The molecule has 2 N–H and O–H groups in total. The maximum absolute atomic E-state index is 10.7. The molecule has 0 heterocycles. The van der Waals surface area contributed by atoms with Crippen LogP contribution in [-0.2, 0) is 4.79 Å². The van der Waals surface area contributed by atoms with E-state index >= 15 is 0 Å². The number of carbonyl (C=O) groups is 1. The predicted molar refractivity (Wildman–Crippen MR) is 61.8 cm³/mol. The summed E-state index contributed by atoms with van der Waals surface area (Å²) in [4.78, 5) is 20.5. The van der Waals surface area contributed by atoms with Gasteiger partial charge in [-0.3, -0.25) is 14.9 Å². The molecule has 1 aromatic carbocycles. The van der Waals surface area contributed by atoms with E-state index < -0.39 is 10.9 Å². The Bertz CT molecular complexity index is 514. The van der Waals surface area contributed by atoms with Gasteiger partial charge in [0.1, 0.15) is 12.1 Å².